The molecule has 0 spiro atoms. The quantitative estimate of drug-likeness (QED) is 0.818. The number of hydrogen-bond donors (Lipinski definition) is 1. The average molecular weight is 218 g/mol. The monoisotopic (exact) mass is 218 g/mol. The number of rotatable bonds is 2. The highest BCUT2D eigenvalue weighted by molar-refractivity contribution is 5.30. The lowest BCUT2D eigenvalue weighted by Gasteiger charge is -2.32. The van der Waals surface area contributed by atoms with Gasteiger partial charge >= 0.3 is 0 Å². The molecule has 0 bridgehead atoms. The van der Waals surface area contributed by atoms with Crippen molar-refractivity contribution in [2.75, 3.05) is 19.6 Å². The fraction of sp³-hybridized carbons (Fsp3) is 0.571. The first-order valence-corrected chi connectivity index (χ1v) is 6.17. The van der Waals surface area contributed by atoms with Gasteiger partial charge in [0.1, 0.15) is 0 Å². The van der Waals surface area contributed by atoms with E-state index in [-0.39, 0.29) is 0 Å². The summed E-state index contributed by atoms with van der Waals surface area (Å²) in [5, 5.41) is 3.48. The van der Waals surface area contributed by atoms with Gasteiger partial charge in [0.2, 0.25) is 0 Å². The number of piperazine rings is 1. The van der Waals surface area contributed by atoms with Crippen molar-refractivity contribution in [3.05, 3.63) is 34.9 Å². The Bertz CT molecular complexity index is 360. The van der Waals surface area contributed by atoms with E-state index in [0.717, 1.165) is 26.2 Å². The van der Waals surface area contributed by atoms with Crippen LogP contribution in [0.1, 0.15) is 23.6 Å². The average Bonchev–Trinajstić information content (AvgIpc) is 2.24. The fourth-order valence-electron chi connectivity index (χ4n) is 2.37. The molecule has 1 heterocycles. The zero-order valence-electron chi connectivity index (χ0n) is 10.6. The van der Waals surface area contributed by atoms with Gasteiger partial charge in [-0.25, -0.2) is 0 Å². The van der Waals surface area contributed by atoms with Crippen molar-refractivity contribution in [3.63, 3.8) is 0 Å². The summed E-state index contributed by atoms with van der Waals surface area (Å²) in [6.07, 6.45) is 0. The van der Waals surface area contributed by atoms with E-state index in [1.807, 2.05) is 0 Å². The predicted molar refractivity (Wildman–Crippen MR) is 68.7 cm³/mol. The highest BCUT2D eigenvalue weighted by atomic mass is 15.2. The van der Waals surface area contributed by atoms with Gasteiger partial charge in [-0.1, -0.05) is 23.8 Å². The van der Waals surface area contributed by atoms with Crippen molar-refractivity contribution < 1.29 is 0 Å². The van der Waals surface area contributed by atoms with E-state index >= 15 is 0 Å². The largest absolute Gasteiger partial charge is 0.312 e. The van der Waals surface area contributed by atoms with Gasteiger partial charge in [-0.3, -0.25) is 4.90 Å². The van der Waals surface area contributed by atoms with E-state index in [1.165, 1.54) is 16.7 Å². The molecule has 1 aliphatic heterocycles. The van der Waals surface area contributed by atoms with Crippen molar-refractivity contribution in [2.24, 2.45) is 0 Å². The summed E-state index contributed by atoms with van der Waals surface area (Å²) in [7, 11) is 0. The number of hydrogen-bond acceptors (Lipinski definition) is 2. The van der Waals surface area contributed by atoms with Crippen molar-refractivity contribution in [2.45, 2.75) is 33.4 Å². The molecule has 0 amide bonds. The van der Waals surface area contributed by atoms with Crippen molar-refractivity contribution in [1.82, 2.24) is 10.2 Å². The Morgan fingerprint density at radius 2 is 2.19 bits per heavy atom. The maximum atomic E-state index is 3.48. The Kier molecular flexibility index (Phi) is 3.62. The third kappa shape index (κ3) is 2.83. The minimum atomic E-state index is 0.624. The Labute approximate surface area is 98.7 Å². The Morgan fingerprint density at radius 3 is 2.94 bits per heavy atom. The minimum absolute atomic E-state index is 0.624. The smallest absolute Gasteiger partial charge is 0.0237 e. The SMILES string of the molecule is Cc1ccc(C)c(CN2CCNC(C)C2)c1. The molecule has 1 saturated heterocycles. The van der Waals surface area contributed by atoms with Crippen LogP contribution in [-0.2, 0) is 6.54 Å². The van der Waals surface area contributed by atoms with E-state index in [0.29, 0.717) is 6.04 Å². The van der Waals surface area contributed by atoms with Crippen molar-refractivity contribution >= 4 is 0 Å². The molecule has 1 N–H and O–H groups in total. The highest BCUT2D eigenvalue weighted by Gasteiger charge is 2.15. The summed E-state index contributed by atoms with van der Waals surface area (Å²) >= 11 is 0. The van der Waals surface area contributed by atoms with Crippen LogP contribution in [0.5, 0.6) is 0 Å². The summed E-state index contributed by atoms with van der Waals surface area (Å²) in [4.78, 5) is 2.54. The third-order valence-electron chi connectivity index (χ3n) is 3.35. The molecule has 1 aromatic rings. The van der Waals surface area contributed by atoms with Crippen LogP contribution in [-0.4, -0.2) is 30.6 Å². The van der Waals surface area contributed by atoms with Crippen LogP contribution in [0, 0.1) is 13.8 Å². The second kappa shape index (κ2) is 4.98. The molecule has 16 heavy (non-hydrogen) atoms. The maximum Gasteiger partial charge on any atom is 0.0237 e. The Hall–Kier alpha value is -0.860. The molecule has 1 aromatic carbocycles. The minimum Gasteiger partial charge on any atom is -0.312 e. The molecule has 1 fully saturated rings. The summed E-state index contributed by atoms with van der Waals surface area (Å²) in [5.41, 5.74) is 4.26. The first kappa shape index (κ1) is 11.6. The molecular weight excluding hydrogens is 196 g/mol. The van der Waals surface area contributed by atoms with Crippen LogP contribution in [0.3, 0.4) is 0 Å². The van der Waals surface area contributed by atoms with Gasteiger partial charge in [0.05, 0.1) is 0 Å². The van der Waals surface area contributed by atoms with E-state index < -0.39 is 0 Å². The van der Waals surface area contributed by atoms with Crippen LogP contribution in [0.2, 0.25) is 0 Å². The van der Waals surface area contributed by atoms with Gasteiger partial charge in [-0.2, -0.15) is 0 Å². The molecule has 0 saturated carbocycles. The normalized spacial score (nSPS) is 22.3. The maximum absolute atomic E-state index is 3.48. The van der Waals surface area contributed by atoms with Crippen LogP contribution in [0.25, 0.3) is 0 Å². The van der Waals surface area contributed by atoms with E-state index in [1.54, 1.807) is 0 Å². The molecule has 88 valence electrons. The first-order chi connectivity index (χ1) is 7.65. The summed E-state index contributed by atoms with van der Waals surface area (Å²) < 4.78 is 0. The standard InChI is InChI=1S/C14H22N2/c1-11-4-5-12(2)14(8-11)10-16-7-6-15-13(3)9-16/h4-5,8,13,15H,6-7,9-10H2,1-3H3. The summed E-state index contributed by atoms with van der Waals surface area (Å²) in [5.74, 6) is 0. The molecule has 0 aliphatic carbocycles. The fourth-order valence-corrected chi connectivity index (χ4v) is 2.37. The van der Waals surface area contributed by atoms with Gasteiger partial charge in [0, 0.05) is 32.2 Å². The number of aryl methyl sites for hydroxylation is 2. The van der Waals surface area contributed by atoms with Crippen LogP contribution in [0.15, 0.2) is 18.2 Å². The van der Waals surface area contributed by atoms with Crippen LogP contribution >= 0.6 is 0 Å². The van der Waals surface area contributed by atoms with E-state index in [4.69, 9.17) is 0 Å². The van der Waals surface area contributed by atoms with Gasteiger partial charge < -0.3 is 5.32 Å². The molecule has 2 heteroatoms. The third-order valence-corrected chi connectivity index (χ3v) is 3.35. The number of nitrogens with zero attached hydrogens (tertiary/aromatic N) is 1. The highest BCUT2D eigenvalue weighted by Crippen LogP contribution is 2.14. The molecule has 1 atom stereocenters. The zero-order chi connectivity index (χ0) is 11.5. The van der Waals surface area contributed by atoms with E-state index in [9.17, 15) is 0 Å². The number of benzene rings is 1. The number of nitrogens with one attached hydrogen (secondary N) is 1. The van der Waals surface area contributed by atoms with Gasteiger partial charge in [0.15, 0.2) is 0 Å². The predicted octanol–water partition coefficient (Wildman–Crippen LogP) is 2.10. The summed E-state index contributed by atoms with van der Waals surface area (Å²) in [6, 6.07) is 7.37. The van der Waals surface area contributed by atoms with Crippen LogP contribution < -0.4 is 5.32 Å². The molecule has 0 radical (unpaired) electrons. The molecule has 1 unspecified atom stereocenters. The topological polar surface area (TPSA) is 15.3 Å². The Balaban J connectivity index is 2.05. The molecular formula is C14H22N2. The lowest BCUT2D eigenvalue weighted by atomic mass is 10.0. The first-order valence-electron chi connectivity index (χ1n) is 6.17. The lowest BCUT2D eigenvalue weighted by Crippen LogP contribution is -2.48. The second-order valence-corrected chi connectivity index (χ2v) is 5.02. The van der Waals surface area contributed by atoms with Gasteiger partial charge in [-0.15, -0.1) is 0 Å². The second-order valence-electron chi connectivity index (χ2n) is 5.02. The lowest BCUT2D eigenvalue weighted by molar-refractivity contribution is 0.199. The molecule has 1 aliphatic rings. The van der Waals surface area contributed by atoms with Crippen LogP contribution in [0.4, 0.5) is 0 Å². The molecule has 2 nitrogen and oxygen atoms in total. The Morgan fingerprint density at radius 1 is 1.38 bits per heavy atom. The van der Waals surface area contributed by atoms with Gasteiger partial charge in [0.25, 0.3) is 0 Å². The van der Waals surface area contributed by atoms with Crippen molar-refractivity contribution in [1.29, 1.82) is 0 Å². The zero-order valence-corrected chi connectivity index (χ0v) is 10.6. The molecule has 0 aromatic heterocycles. The van der Waals surface area contributed by atoms with E-state index in [2.05, 4.69) is 49.2 Å². The van der Waals surface area contributed by atoms with Crippen molar-refractivity contribution in [3.8, 4) is 0 Å². The molecule has 2 rings (SSSR count). The summed E-state index contributed by atoms with van der Waals surface area (Å²) in [6.45, 7) is 11.2. The van der Waals surface area contributed by atoms with Gasteiger partial charge in [-0.05, 0) is 31.9 Å².